The average molecular weight is 520 g/mol. The van der Waals surface area contributed by atoms with Crippen LogP contribution in [0.5, 0.6) is 0 Å². The number of hydrogen-bond donors (Lipinski definition) is 3. The minimum Gasteiger partial charge on any atom is -0.379 e. The Morgan fingerprint density at radius 3 is 2.66 bits per heavy atom. The Morgan fingerprint density at radius 1 is 1.10 bits per heavy atom. The van der Waals surface area contributed by atoms with E-state index in [1.54, 1.807) is 12.1 Å². The lowest BCUT2D eigenvalue weighted by Crippen LogP contribution is -2.38. The van der Waals surface area contributed by atoms with Crippen molar-refractivity contribution in [3.8, 4) is 0 Å². The molecule has 0 fully saturated rings. The largest absolute Gasteiger partial charge is 0.379 e. The van der Waals surface area contributed by atoms with E-state index < -0.39 is 0 Å². The minimum absolute atomic E-state index is 0. The lowest BCUT2D eigenvalue weighted by Gasteiger charge is -2.11. The molecule has 8 heteroatoms. The molecule has 1 aromatic heterocycles. The van der Waals surface area contributed by atoms with Crippen LogP contribution in [0.3, 0.4) is 0 Å². The van der Waals surface area contributed by atoms with Gasteiger partial charge < -0.3 is 25.1 Å². The molecule has 1 heterocycles. The maximum absolute atomic E-state index is 13.5. The SMILES string of the molecule is CCCCOCCOCCN=C(NCC)NCCc1c[nH]c2ccc(F)cc12.I. The van der Waals surface area contributed by atoms with Crippen molar-refractivity contribution in [2.24, 2.45) is 4.99 Å². The number of aromatic amines is 1. The molecule has 164 valence electrons. The lowest BCUT2D eigenvalue weighted by atomic mass is 10.1. The number of H-pyrrole nitrogens is 1. The Hall–Kier alpha value is -1.39. The molecule has 6 nitrogen and oxygen atoms in total. The number of unbranched alkanes of at least 4 members (excludes halogenated alkanes) is 1. The second-order valence-corrected chi connectivity index (χ2v) is 6.52. The first-order valence-corrected chi connectivity index (χ1v) is 10.2. The summed E-state index contributed by atoms with van der Waals surface area (Å²) >= 11 is 0. The highest BCUT2D eigenvalue weighted by molar-refractivity contribution is 14.0. The van der Waals surface area contributed by atoms with Crippen molar-refractivity contribution >= 4 is 40.8 Å². The molecule has 0 aliphatic rings. The summed E-state index contributed by atoms with van der Waals surface area (Å²) in [5, 5.41) is 7.47. The summed E-state index contributed by atoms with van der Waals surface area (Å²) in [6, 6.07) is 4.81. The quantitative estimate of drug-likeness (QED) is 0.163. The van der Waals surface area contributed by atoms with Crippen molar-refractivity contribution < 1.29 is 13.9 Å². The number of rotatable bonds is 13. The fourth-order valence-electron chi connectivity index (χ4n) is 2.81. The first-order chi connectivity index (χ1) is 13.7. The molecule has 2 rings (SSSR count). The van der Waals surface area contributed by atoms with Gasteiger partial charge in [-0.1, -0.05) is 13.3 Å². The topological polar surface area (TPSA) is 70.7 Å². The molecule has 0 amide bonds. The predicted octanol–water partition coefficient (Wildman–Crippen LogP) is 3.86. The van der Waals surface area contributed by atoms with Crippen LogP contribution in [-0.2, 0) is 15.9 Å². The smallest absolute Gasteiger partial charge is 0.191 e. The zero-order chi connectivity index (χ0) is 20.0. The number of fused-ring (bicyclic) bond motifs is 1. The number of hydrogen-bond acceptors (Lipinski definition) is 3. The van der Waals surface area contributed by atoms with E-state index in [9.17, 15) is 4.39 Å². The Morgan fingerprint density at radius 2 is 1.90 bits per heavy atom. The van der Waals surface area contributed by atoms with E-state index in [1.807, 2.05) is 13.1 Å². The minimum atomic E-state index is -0.216. The molecule has 0 aliphatic carbocycles. The van der Waals surface area contributed by atoms with Gasteiger partial charge in [0.15, 0.2) is 5.96 Å². The van der Waals surface area contributed by atoms with Crippen LogP contribution in [0.4, 0.5) is 4.39 Å². The van der Waals surface area contributed by atoms with Crippen molar-refractivity contribution in [2.45, 2.75) is 33.1 Å². The summed E-state index contributed by atoms with van der Waals surface area (Å²) in [6.07, 6.45) is 4.95. The Labute approximate surface area is 190 Å². The monoisotopic (exact) mass is 520 g/mol. The Balaban J connectivity index is 0.00000420. The van der Waals surface area contributed by atoms with Crippen LogP contribution in [0.25, 0.3) is 10.9 Å². The van der Waals surface area contributed by atoms with E-state index in [-0.39, 0.29) is 29.8 Å². The summed E-state index contributed by atoms with van der Waals surface area (Å²) < 4.78 is 24.5. The summed E-state index contributed by atoms with van der Waals surface area (Å²) in [5.74, 6) is 0.545. The van der Waals surface area contributed by atoms with E-state index in [2.05, 4.69) is 27.5 Å². The summed E-state index contributed by atoms with van der Waals surface area (Å²) in [5.41, 5.74) is 2.04. The number of ether oxygens (including phenoxy) is 2. The Bertz CT molecular complexity index is 724. The molecular weight excluding hydrogens is 486 g/mol. The first-order valence-electron chi connectivity index (χ1n) is 10.2. The standard InChI is InChI=1S/C21H33FN4O2.HI/c1-3-5-11-27-13-14-28-12-10-25-21(23-4-2)24-9-8-17-16-26-20-7-6-18(22)15-19(17)20;/h6-7,15-16,26H,3-5,8-14H2,1-2H3,(H2,23,24,25);1H. The van der Waals surface area contributed by atoms with Crippen LogP contribution < -0.4 is 10.6 Å². The summed E-state index contributed by atoms with van der Waals surface area (Å²) in [6.45, 7) is 8.86. The first kappa shape index (κ1) is 25.6. The zero-order valence-corrected chi connectivity index (χ0v) is 19.8. The van der Waals surface area contributed by atoms with Gasteiger partial charge in [-0.05, 0) is 43.5 Å². The highest BCUT2D eigenvalue weighted by Crippen LogP contribution is 2.19. The fourth-order valence-corrected chi connectivity index (χ4v) is 2.81. The van der Waals surface area contributed by atoms with Crippen LogP contribution in [-0.4, -0.2) is 57.0 Å². The molecule has 0 radical (unpaired) electrons. The molecule has 0 saturated heterocycles. The molecule has 3 N–H and O–H groups in total. The van der Waals surface area contributed by atoms with Gasteiger partial charge in [-0.25, -0.2) is 4.39 Å². The maximum atomic E-state index is 13.5. The summed E-state index contributed by atoms with van der Waals surface area (Å²) in [4.78, 5) is 7.70. The van der Waals surface area contributed by atoms with Crippen LogP contribution in [0.2, 0.25) is 0 Å². The number of benzene rings is 1. The van der Waals surface area contributed by atoms with Crippen LogP contribution in [0.1, 0.15) is 32.3 Å². The van der Waals surface area contributed by atoms with Gasteiger partial charge in [-0.3, -0.25) is 4.99 Å². The van der Waals surface area contributed by atoms with Gasteiger partial charge in [0.2, 0.25) is 0 Å². The van der Waals surface area contributed by atoms with E-state index in [0.29, 0.717) is 32.9 Å². The normalized spacial score (nSPS) is 11.5. The number of guanidine groups is 1. The molecular formula is C21H34FIN4O2. The van der Waals surface area contributed by atoms with Crippen molar-refractivity contribution in [1.82, 2.24) is 15.6 Å². The van der Waals surface area contributed by atoms with Gasteiger partial charge in [0.25, 0.3) is 0 Å². The molecule has 1 aromatic carbocycles. The third kappa shape index (κ3) is 9.77. The van der Waals surface area contributed by atoms with Gasteiger partial charge in [0, 0.05) is 36.8 Å². The van der Waals surface area contributed by atoms with Crippen molar-refractivity contribution in [3.63, 3.8) is 0 Å². The number of aliphatic imine (C=N–C) groups is 1. The Kier molecular flexibility index (Phi) is 13.7. The molecule has 2 aromatic rings. The van der Waals surface area contributed by atoms with E-state index in [1.165, 1.54) is 6.07 Å². The molecule has 0 saturated carbocycles. The molecule has 29 heavy (non-hydrogen) atoms. The van der Waals surface area contributed by atoms with Gasteiger partial charge in [0.05, 0.1) is 26.4 Å². The van der Waals surface area contributed by atoms with E-state index in [0.717, 1.165) is 54.8 Å². The second kappa shape index (κ2) is 15.4. The number of nitrogens with one attached hydrogen (secondary N) is 3. The van der Waals surface area contributed by atoms with Gasteiger partial charge in [-0.2, -0.15) is 0 Å². The third-order valence-electron chi connectivity index (χ3n) is 4.28. The van der Waals surface area contributed by atoms with Crippen LogP contribution in [0, 0.1) is 5.82 Å². The van der Waals surface area contributed by atoms with E-state index in [4.69, 9.17) is 9.47 Å². The van der Waals surface area contributed by atoms with Gasteiger partial charge >= 0.3 is 0 Å². The second-order valence-electron chi connectivity index (χ2n) is 6.52. The molecule has 0 atom stereocenters. The van der Waals surface area contributed by atoms with Gasteiger partial charge in [0.1, 0.15) is 5.82 Å². The zero-order valence-electron chi connectivity index (χ0n) is 17.4. The average Bonchev–Trinajstić information content (AvgIpc) is 3.08. The number of nitrogens with zero attached hydrogens (tertiary/aromatic N) is 1. The molecule has 0 aliphatic heterocycles. The predicted molar refractivity (Wildman–Crippen MR) is 128 cm³/mol. The van der Waals surface area contributed by atoms with E-state index >= 15 is 0 Å². The number of aromatic nitrogens is 1. The maximum Gasteiger partial charge on any atom is 0.191 e. The lowest BCUT2D eigenvalue weighted by molar-refractivity contribution is 0.0497. The summed E-state index contributed by atoms with van der Waals surface area (Å²) in [7, 11) is 0. The molecule has 0 bridgehead atoms. The third-order valence-corrected chi connectivity index (χ3v) is 4.28. The van der Waals surface area contributed by atoms with Gasteiger partial charge in [-0.15, -0.1) is 24.0 Å². The fraction of sp³-hybridized carbons (Fsp3) is 0.571. The van der Waals surface area contributed by atoms with Crippen LogP contribution in [0.15, 0.2) is 29.4 Å². The molecule has 0 spiro atoms. The highest BCUT2D eigenvalue weighted by Gasteiger charge is 2.05. The van der Waals surface area contributed by atoms with Crippen molar-refractivity contribution in [1.29, 1.82) is 0 Å². The van der Waals surface area contributed by atoms with Crippen molar-refractivity contribution in [3.05, 3.63) is 35.8 Å². The van der Waals surface area contributed by atoms with Crippen molar-refractivity contribution in [2.75, 3.05) is 46.1 Å². The number of halogens is 2. The highest BCUT2D eigenvalue weighted by atomic mass is 127. The van der Waals surface area contributed by atoms with Crippen LogP contribution >= 0.6 is 24.0 Å². The molecule has 0 unspecified atom stereocenters.